The van der Waals surface area contributed by atoms with Gasteiger partial charge in [-0.25, -0.2) is 0 Å². The van der Waals surface area contributed by atoms with Gasteiger partial charge in [0.05, 0.1) is 30.4 Å². The van der Waals surface area contributed by atoms with Crippen molar-refractivity contribution in [3.05, 3.63) is 21.7 Å². The Morgan fingerprint density at radius 3 is 2.54 bits per heavy atom. The fraction of sp³-hybridized carbons (Fsp3) is 0.684. The molecule has 0 aromatic heterocycles. The summed E-state index contributed by atoms with van der Waals surface area (Å²) in [6.07, 6.45) is 3.57. The minimum atomic E-state index is -0.0786. The number of methoxy groups -OCH3 is 2. The molecular weight excluding hydrogens is 370 g/mol. The van der Waals surface area contributed by atoms with Crippen LogP contribution in [-0.2, 0) is 11.2 Å². The molecule has 4 nitrogen and oxygen atoms in total. The fourth-order valence-electron chi connectivity index (χ4n) is 4.02. The van der Waals surface area contributed by atoms with Crippen LogP contribution < -0.4 is 9.47 Å². The Kier molecular flexibility index (Phi) is 5.14. The summed E-state index contributed by atoms with van der Waals surface area (Å²) >= 11 is 3.74. The number of nitrogens with zero attached hydrogens (tertiary/aromatic N) is 1. The van der Waals surface area contributed by atoms with Crippen LogP contribution in [0, 0.1) is 0 Å². The van der Waals surface area contributed by atoms with E-state index in [1.807, 2.05) is 0 Å². The third kappa shape index (κ3) is 3.44. The average molecular weight is 398 g/mol. The molecule has 1 aromatic carbocycles. The van der Waals surface area contributed by atoms with E-state index in [4.69, 9.17) is 14.2 Å². The summed E-state index contributed by atoms with van der Waals surface area (Å²) in [6, 6.07) is 2.62. The van der Waals surface area contributed by atoms with Crippen LogP contribution >= 0.6 is 15.9 Å². The van der Waals surface area contributed by atoms with Crippen LogP contribution in [0.5, 0.6) is 11.5 Å². The molecule has 2 aliphatic heterocycles. The first kappa shape index (κ1) is 18.0. The Bertz CT molecular complexity index is 612. The van der Waals surface area contributed by atoms with Crippen LogP contribution in [-0.4, -0.2) is 43.9 Å². The third-order valence-corrected chi connectivity index (χ3v) is 5.76. The van der Waals surface area contributed by atoms with Crippen LogP contribution in [0.2, 0.25) is 0 Å². The summed E-state index contributed by atoms with van der Waals surface area (Å²) in [5.74, 6) is 1.60. The summed E-state index contributed by atoms with van der Waals surface area (Å²) in [5.41, 5.74) is 2.66. The van der Waals surface area contributed by atoms with Gasteiger partial charge in [-0.2, -0.15) is 0 Å². The summed E-state index contributed by atoms with van der Waals surface area (Å²) in [6.45, 7) is 8.49. The molecule has 2 atom stereocenters. The molecule has 1 aromatic rings. The van der Waals surface area contributed by atoms with Crippen molar-refractivity contribution in [1.29, 1.82) is 0 Å². The first-order chi connectivity index (χ1) is 11.3. The predicted molar refractivity (Wildman–Crippen MR) is 99.1 cm³/mol. The number of piperidine rings is 1. The zero-order valence-electron chi connectivity index (χ0n) is 15.3. The van der Waals surface area contributed by atoms with E-state index in [9.17, 15) is 0 Å². The fourth-order valence-corrected chi connectivity index (χ4v) is 4.80. The molecule has 2 unspecified atom stereocenters. The van der Waals surface area contributed by atoms with E-state index < -0.39 is 0 Å². The van der Waals surface area contributed by atoms with Gasteiger partial charge in [0.15, 0.2) is 11.5 Å². The van der Waals surface area contributed by atoms with Crippen molar-refractivity contribution < 1.29 is 14.2 Å². The summed E-state index contributed by atoms with van der Waals surface area (Å²) < 4.78 is 18.4. The molecule has 0 aliphatic carbocycles. The third-order valence-electron chi connectivity index (χ3n) is 4.92. The molecule has 134 valence electrons. The van der Waals surface area contributed by atoms with Gasteiger partial charge in [-0.1, -0.05) is 0 Å². The molecule has 0 bridgehead atoms. The van der Waals surface area contributed by atoms with Gasteiger partial charge in [-0.15, -0.1) is 0 Å². The average Bonchev–Trinajstić information content (AvgIpc) is 2.52. The monoisotopic (exact) mass is 397 g/mol. The largest absolute Gasteiger partial charge is 0.493 e. The van der Waals surface area contributed by atoms with Crippen molar-refractivity contribution in [2.45, 2.75) is 57.8 Å². The summed E-state index contributed by atoms with van der Waals surface area (Å²) in [5, 5.41) is 0. The van der Waals surface area contributed by atoms with Crippen molar-refractivity contribution in [2.24, 2.45) is 0 Å². The molecule has 0 saturated carbocycles. The Morgan fingerprint density at radius 2 is 1.92 bits per heavy atom. The van der Waals surface area contributed by atoms with Gasteiger partial charge in [0, 0.05) is 19.1 Å². The van der Waals surface area contributed by atoms with Crippen LogP contribution in [0.4, 0.5) is 0 Å². The van der Waals surface area contributed by atoms with Crippen LogP contribution in [0.25, 0.3) is 0 Å². The molecule has 1 fully saturated rings. The van der Waals surface area contributed by atoms with Crippen LogP contribution in [0.1, 0.15) is 50.8 Å². The van der Waals surface area contributed by atoms with E-state index in [1.54, 1.807) is 14.2 Å². The van der Waals surface area contributed by atoms with Crippen molar-refractivity contribution in [1.82, 2.24) is 4.90 Å². The lowest BCUT2D eigenvalue weighted by Gasteiger charge is -2.45. The van der Waals surface area contributed by atoms with Gasteiger partial charge >= 0.3 is 0 Å². The molecule has 3 rings (SSSR count). The normalized spacial score (nSPS) is 24.2. The standard InChI is InChI=1S/C19H28BrNO3/c1-19(2,3)24-12-6-7-15-14-10-16(22-4)18(23-5)17(20)13(14)8-9-21(15)11-12/h10,12,15H,6-9,11H2,1-5H3. The molecule has 0 spiro atoms. The van der Waals surface area contributed by atoms with Gasteiger partial charge in [0.1, 0.15) is 0 Å². The first-order valence-corrected chi connectivity index (χ1v) is 9.48. The lowest BCUT2D eigenvalue weighted by atomic mass is 9.85. The molecule has 1 saturated heterocycles. The SMILES string of the molecule is COc1cc2c(c(Br)c1OC)CCN1CC(OC(C)(C)C)CCC21. The highest BCUT2D eigenvalue weighted by atomic mass is 79.9. The minimum absolute atomic E-state index is 0.0786. The second-order valence-corrected chi connectivity index (χ2v) is 8.48. The molecule has 0 N–H and O–H groups in total. The van der Waals surface area contributed by atoms with Gasteiger partial charge in [-0.3, -0.25) is 4.90 Å². The lowest BCUT2D eigenvalue weighted by Crippen LogP contribution is -2.47. The maximum absolute atomic E-state index is 6.23. The molecule has 0 radical (unpaired) electrons. The Balaban J connectivity index is 1.87. The quantitative estimate of drug-likeness (QED) is 0.758. The van der Waals surface area contributed by atoms with E-state index in [-0.39, 0.29) is 5.60 Å². The second kappa shape index (κ2) is 6.85. The summed E-state index contributed by atoms with van der Waals surface area (Å²) in [4.78, 5) is 2.57. The Hall–Kier alpha value is -0.780. The van der Waals surface area contributed by atoms with Gasteiger partial charge in [0.25, 0.3) is 0 Å². The maximum Gasteiger partial charge on any atom is 0.175 e. The van der Waals surface area contributed by atoms with E-state index in [0.717, 1.165) is 48.3 Å². The Morgan fingerprint density at radius 1 is 1.17 bits per heavy atom. The highest BCUT2D eigenvalue weighted by molar-refractivity contribution is 9.10. The van der Waals surface area contributed by atoms with E-state index in [0.29, 0.717) is 12.1 Å². The molecular formula is C19H28BrNO3. The van der Waals surface area contributed by atoms with Crippen molar-refractivity contribution in [2.75, 3.05) is 27.3 Å². The zero-order chi connectivity index (χ0) is 17.5. The van der Waals surface area contributed by atoms with Crippen LogP contribution in [0.3, 0.4) is 0 Å². The number of fused-ring (bicyclic) bond motifs is 3. The number of halogens is 1. The molecule has 24 heavy (non-hydrogen) atoms. The van der Waals surface area contributed by atoms with Gasteiger partial charge in [-0.05, 0) is 73.2 Å². The summed E-state index contributed by atoms with van der Waals surface area (Å²) in [7, 11) is 3.39. The molecule has 5 heteroatoms. The minimum Gasteiger partial charge on any atom is -0.493 e. The lowest BCUT2D eigenvalue weighted by molar-refractivity contribution is -0.0971. The number of hydrogen-bond acceptors (Lipinski definition) is 4. The molecule has 0 amide bonds. The van der Waals surface area contributed by atoms with E-state index in [1.165, 1.54) is 11.1 Å². The number of benzene rings is 1. The van der Waals surface area contributed by atoms with E-state index >= 15 is 0 Å². The van der Waals surface area contributed by atoms with Gasteiger partial charge in [0.2, 0.25) is 0 Å². The van der Waals surface area contributed by atoms with Gasteiger partial charge < -0.3 is 14.2 Å². The molecule has 2 heterocycles. The number of ether oxygens (including phenoxy) is 3. The smallest absolute Gasteiger partial charge is 0.175 e. The topological polar surface area (TPSA) is 30.9 Å². The number of rotatable bonds is 3. The van der Waals surface area contributed by atoms with Crippen molar-refractivity contribution in [3.8, 4) is 11.5 Å². The second-order valence-electron chi connectivity index (χ2n) is 7.68. The van der Waals surface area contributed by atoms with E-state index in [2.05, 4.69) is 47.7 Å². The number of hydrogen-bond donors (Lipinski definition) is 0. The predicted octanol–water partition coefficient (Wildman–Crippen LogP) is 4.34. The first-order valence-electron chi connectivity index (χ1n) is 8.69. The van der Waals surface area contributed by atoms with Crippen molar-refractivity contribution >= 4 is 15.9 Å². The molecule has 2 aliphatic rings. The Labute approximate surface area is 153 Å². The van der Waals surface area contributed by atoms with Crippen molar-refractivity contribution in [3.63, 3.8) is 0 Å². The maximum atomic E-state index is 6.23. The van der Waals surface area contributed by atoms with Crippen LogP contribution in [0.15, 0.2) is 10.5 Å². The highest BCUT2D eigenvalue weighted by Gasteiger charge is 2.36. The highest BCUT2D eigenvalue weighted by Crippen LogP contribution is 2.47. The zero-order valence-corrected chi connectivity index (χ0v) is 16.9.